The van der Waals surface area contributed by atoms with Crippen LogP contribution in [0.3, 0.4) is 0 Å². The highest BCUT2D eigenvalue weighted by Gasteiger charge is 2.21. The standard InChI is InChI=1S/C11H11N3O2/c15-6-5-9-11-14(13-12-9)10-4-2-1-3-8(10)7-16-11/h1-4,15H,5-7H2. The second-order valence-electron chi connectivity index (χ2n) is 3.64. The Morgan fingerprint density at radius 2 is 2.25 bits per heavy atom. The monoisotopic (exact) mass is 217 g/mol. The van der Waals surface area contributed by atoms with Crippen molar-refractivity contribution in [1.29, 1.82) is 0 Å². The number of aromatic nitrogens is 3. The summed E-state index contributed by atoms with van der Waals surface area (Å²) in [6.45, 7) is 0.582. The Morgan fingerprint density at radius 1 is 1.38 bits per heavy atom. The number of benzene rings is 1. The molecule has 0 radical (unpaired) electrons. The fourth-order valence-electron chi connectivity index (χ4n) is 1.85. The molecule has 0 unspecified atom stereocenters. The maximum Gasteiger partial charge on any atom is 0.241 e. The van der Waals surface area contributed by atoms with Crippen molar-refractivity contribution in [3.8, 4) is 11.6 Å². The summed E-state index contributed by atoms with van der Waals surface area (Å²) in [5.74, 6) is 0.646. The number of para-hydroxylation sites is 1. The molecule has 1 aliphatic heterocycles. The number of nitrogens with zero attached hydrogens (tertiary/aromatic N) is 3. The zero-order valence-electron chi connectivity index (χ0n) is 8.63. The van der Waals surface area contributed by atoms with Crippen molar-refractivity contribution >= 4 is 0 Å². The van der Waals surface area contributed by atoms with Gasteiger partial charge in [0.2, 0.25) is 5.88 Å². The summed E-state index contributed by atoms with van der Waals surface area (Å²) >= 11 is 0. The molecule has 2 heterocycles. The summed E-state index contributed by atoms with van der Waals surface area (Å²) in [4.78, 5) is 0. The summed E-state index contributed by atoms with van der Waals surface area (Å²) in [7, 11) is 0. The van der Waals surface area contributed by atoms with E-state index in [4.69, 9.17) is 9.84 Å². The Hall–Kier alpha value is -1.88. The lowest BCUT2D eigenvalue weighted by atomic mass is 10.1. The first-order chi connectivity index (χ1) is 7.90. The Morgan fingerprint density at radius 3 is 3.12 bits per heavy atom. The number of hydrogen-bond donors (Lipinski definition) is 1. The van der Waals surface area contributed by atoms with Gasteiger partial charge in [-0.25, -0.2) is 0 Å². The normalized spacial score (nSPS) is 12.8. The van der Waals surface area contributed by atoms with Crippen LogP contribution in [0.4, 0.5) is 0 Å². The maximum absolute atomic E-state index is 8.90. The van der Waals surface area contributed by atoms with E-state index >= 15 is 0 Å². The van der Waals surface area contributed by atoms with Gasteiger partial charge in [0, 0.05) is 18.6 Å². The lowest BCUT2D eigenvalue weighted by molar-refractivity contribution is 0.261. The molecule has 1 aromatic heterocycles. The summed E-state index contributed by atoms with van der Waals surface area (Å²) in [5, 5.41) is 17.0. The molecule has 1 aromatic carbocycles. The van der Waals surface area contributed by atoms with Gasteiger partial charge in [0.05, 0.1) is 5.69 Å². The average molecular weight is 217 g/mol. The fraction of sp³-hybridized carbons (Fsp3) is 0.273. The number of rotatable bonds is 2. The molecule has 16 heavy (non-hydrogen) atoms. The van der Waals surface area contributed by atoms with Crippen LogP contribution < -0.4 is 4.74 Å². The minimum Gasteiger partial charge on any atom is -0.471 e. The molecule has 0 atom stereocenters. The van der Waals surface area contributed by atoms with E-state index in [9.17, 15) is 0 Å². The highest BCUT2D eigenvalue weighted by molar-refractivity contribution is 5.45. The van der Waals surface area contributed by atoms with Crippen molar-refractivity contribution in [3.63, 3.8) is 0 Å². The van der Waals surface area contributed by atoms with Crippen LogP contribution >= 0.6 is 0 Å². The van der Waals surface area contributed by atoms with Crippen LogP contribution in [0.15, 0.2) is 24.3 Å². The van der Waals surface area contributed by atoms with Gasteiger partial charge in [-0.2, -0.15) is 4.68 Å². The number of aliphatic hydroxyl groups is 1. The van der Waals surface area contributed by atoms with Crippen molar-refractivity contribution in [2.75, 3.05) is 6.61 Å². The Bertz CT molecular complexity index is 522. The molecular formula is C11H11N3O2. The molecule has 0 amide bonds. The first kappa shape index (κ1) is 9.35. The van der Waals surface area contributed by atoms with Crippen molar-refractivity contribution in [2.45, 2.75) is 13.0 Å². The van der Waals surface area contributed by atoms with Crippen LogP contribution in [-0.2, 0) is 13.0 Å². The van der Waals surface area contributed by atoms with Crippen molar-refractivity contribution in [1.82, 2.24) is 15.0 Å². The lowest BCUT2D eigenvalue weighted by Gasteiger charge is -2.18. The molecule has 82 valence electrons. The van der Waals surface area contributed by atoms with Crippen molar-refractivity contribution in [3.05, 3.63) is 35.5 Å². The third-order valence-corrected chi connectivity index (χ3v) is 2.63. The van der Waals surface area contributed by atoms with E-state index in [1.165, 1.54) is 0 Å². The highest BCUT2D eigenvalue weighted by Crippen LogP contribution is 2.28. The SMILES string of the molecule is OCCc1nnn2c1OCc1ccccc1-2. The molecule has 0 aliphatic carbocycles. The van der Waals surface area contributed by atoms with E-state index in [-0.39, 0.29) is 6.61 Å². The second kappa shape index (κ2) is 3.61. The van der Waals surface area contributed by atoms with Gasteiger partial charge in [-0.05, 0) is 6.07 Å². The molecule has 0 saturated carbocycles. The van der Waals surface area contributed by atoms with Crippen molar-refractivity contribution < 1.29 is 9.84 Å². The third kappa shape index (κ3) is 1.29. The first-order valence-electron chi connectivity index (χ1n) is 5.16. The van der Waals surface area contributed by atoms with E-state index in [1.807, 2.05) is 24.3 Å². The van der Waals surface area contributed by atoms with Crippen LogP contribution in [0.5, 0.6) is 5.88 Å². The first-order valence-corrected chi connectivity index (χ1v) is 5.16. The molecule has 5 nitrogen and oxygen atoms in total. The number of hydrogen-bond acceptors (Lipinski definition) is 4. The Kier molecular flexibility index (Phi) is 2.11. The highest BCUT2D eigenvalue weighted by atomic mass is 16.5. The van der Waals surface area contributed by atoms with E-state index in [2.05, 4.69) is 10.3 Å². The molecule has 5 heteroatoms. The van der Waals surface area contributed by atoms with Gasteiger partial charge in [0.15, 0.2) is 0 Å². The van der Waals surface area contributed by atoms with Gasteiger partial charge in [-0.1, -0.05) is 23.4 Å². The van der Waals surface area contributed by atoms with Crippen LogP contribution in [0.25, 0.3) is 5.69 Å². The maximum atomic E-state index is 8.90. The van der Waals surface area contributed by atoms with Gasteiger partial charge in [-0.15, -0.1) is 5.10 Å². The molecular weight excluding hydrogens is 206 g/mol. The molecule has 0 fully saturated rings. The molecule has 0 saturated heterocycles. The minimum absolute atomic E-state index is 0.0523. The van der Waals surface area contributed by atoms with Gasteiger partial charge in [0.25, 0.3) is 0 Å². The molecule has 0 bridgehead atoms. The van der Waals surface area contributed by atoms with Crippen LogP contribution in [0.2, 0.25) is 0 Å². The lowest BCUT2D eigenvalue weighted by Crippen LogP contribution is -2.13. The van der Waals surface area contributed by atoms with Crippen LogP contribution in [0.1, 0.15) is 11.3 Å². The predicted molar refractivity (Wildman–Crippen MR) is 56.5 cm³/mol. The van der Waals surface area contributed by atoms with Gasteiger partial charge in [-0.3, -0.25) is 0 Å². The van der Waals surface area contributed by atoms with E-state index < -0.39 is 0 Å². The molecule has 3 rings (SSSR count). The molecule has 2 aromatic rings. The molecule has 0 spiro atoms. The minimum atomic E-state index is 0.0523. The Balaban J connectivity index is 2.12. The Labute approximate surface area is 92.3 Å². The smallest absolute Gasteiger partial charge is 0.241 e. The van der Waals surface area contributed by atoms with Crippen LogP contribution in [0, 0.1) is 0 Å². The largest absolute Gasteiger partial charge is 0.471 e. The van der Waals surface area contributed by atoms with E-state index in [0.29, 0.717) is 24.6 Å². The number of fused-ring (bicyclic) bond motifs is 3. The third-order valence-electron chi connectivity index (χ3n) is 2.63. The molecule has 1 aliphatic rings. The predicted octanol–water partition coefficient (Wildman–Crippen LogP) is 0.694. The van der Waals surface area contributed by atoms with E-state index in [0.717, 1.165) is 11.3 Å². The zero-order chi connectivity index (χ0) is 11.0. The number of aliphatic hydroxyl groups excluding tert-OH is 1. The summed E-state index contributed by atoms with van der Waals surface area (Å²) in [6, 6.07) is 7.92. The van der Waals surface area contributed by atoms with Crippen molar-refractivity contribution in [2.24, 2.45) is 0 Å². The molecule has 1 N–H and O–H groups in total. The average Bonchev–Trinajstić information content (AvgIpc) is 2.73. The second-order valence-corrected chi connectivity index (χ2v) is 3.64. The summed E-state index contributed by atoms with van der Waals surface area (Å²) < 4.78 is 7.28. The summed E-state index contributed by atoms with van der Waals surface area (Å²) in [6.07, 6.45) is 0.470. The van der Waals surface area contributed by atoms with Gasteiger partial charge < -0.3 is 9.84 Å². The topological polar surface area (TPSA) is 60.2 Å². The van der Waals surface area contributed by atoms with Gasteiger partial charge >= 0.3 is 0 Å². The fourth-order valence-corrected chi connectivity index (χ4v) is 1.85. The quantitative estimate of drug-likeness (QED) is 0.804. The number of ether oxygens (including phenoxy) is 1. The van der Waals surface area contributed by atoms with Crippen LogP contribution in [-0.4, -0.2) is 26.7 Å². The van der Waals surface area contributed by atoms with E-state index in [1.54, 1.807) is 4.68 Å². The zero-order valence-corrected chi connectivity index (χ0v) is 8.63. The van der Waals surface area contributed by atoms with Gasteiger partial charge in [0.1, 0.15) is 12.3 Å². The summed E-state index contributed by atoms with van der Waals surface area (Å²) in [5.41, 5.74) is 2.80.